The van der Waals surface area contributed by atoms with Crippen molar-refractivity contribution in [3.05, 3.63) is 76.1 Å². The fourth-order valence-corrected chi connectivity index (χ4v) is 3.62. The van der Waals surface area contributed by atoms with Gasteiger partial charge in [0.1, 0.15) is 5.49 Å². The summed E-state index contributed by atoms with van der Waals surface area (Å²) in [5.41, 5.74) is 1.41. The molecule has 0 amide bonds. The van der Waals surface area contributed by atoms with Gasteiger partial charge in [-0.2, -0.15) is 0 Å². The molecule has 5 nitrogen and oxygen atoms in total. The molecule has 1 aromatic carbocycles. The van der Waals surface area contributed by atoms with E-state index in [2.05, 4.69) is 4.98 Å². The molecule has 1 saturated carbocycles. The van der Waals surface area contributed by atoms with Crippen LogP contribution in [0.1, 0.15) is 42.5 Å². The summed E-state index contributed by atoms with van der Waals surface area (Å²) in [4.78, 5) is 32.8. The van der Waals surface area contributed by atoms with E-state index >= 15 is 0 Å². The minimum absolute atomic E-state index is 0.234. The van der Waals surface area contributed by atoms with E-state index in [1.165, 1.54) is 25.3 Å². The van der Waals surface area contributed by atoms with Gasteiger partial charge in [-0.05, 0) is 31.0 Å². The number of nitrogens with one attached hydrogen (secondary N) is 1. The van der Waals surface area contributed by atoms with Crippen molar-refractivity contribution >= 4 is 16.8 Å². The number of carbonyl (C=O) groups is 1. The van der Waals surface area contributed by atoms with E-state index in [9.17, 15) is 9.59 Å². The predicted octanol–water partition coefficient (Wildman–Crippen LogP) is 3.25. The number of fused-ring (bicyclic) bond motifs is 1. The topological polar surface area (TPSA) is 67.2 Å². The summed E-state index contributed by atoms with van der Waals surface area (Å²) in [7, 11) is 0. The highest BCUT2D eigenvalue weighted by molar-refractivity contribution is 6.06. The van der Waals surface area contributed by atoms with Crippen LogP contribution >= 0.6 is 0 Å². The van der Waals surface area contributed by atoms with E-state index in [1.54, 1.807) is 16.8 Å². The molecule has 1 aliphatic rings. The first kappa shape index (κ1) is 16.5. The van der Waals surface area contributed by atoms with Crippen molar-refractivity contribution in [3.63, 3.8) is 0 Å². The van der Waals surface area contributed by atoms with Gasteiger partial charge in [-0.25, -0.2) is 0 Å². The molecule has 0 radical (unpaired) electrons. The van der Waals surface area contributed by atoms with E-state index in [0.717, 1.165) is 18.2 Å². The van der Waals surface area contributed by atoms with Gasteiger partial charge in [0.15, 0.2) is 0 Å². The first-order chi connectivity index (χ1) is 12.7. The summed E-state index contributed by atoms with van der Waals surface area (Å²) >= 11 is 0. The molecule has 0 unspecified atom stereocenters. The lowest BCUT2D eigenvalue weighted by molar-refractivity contribution is 0.0956. The Hall–Kier alpha value is -2.95. The second kappa shape index (κ2) is 7.12. The number of carbonyl (C=O) groups excluding carboxylic acids is 1. The van der Waals surface area contributed by atoms with Crippen LogP contribution in [0.4, 0.5) is 0 Å². The van der Waals surface area contributed by atoms with Crippen LogP contribution in [0.2, 0.25) is 0 Å². The number of benzene rings is 1. The third-order valence-corrected chi connectivity index (χ3v) is 4.93. The van der Waals surface area contributed by atoms with Crippen LogP contribution in [-0.4, -0.2) is 21.5 Å². The summed E-state index contributed by atoms with van der Waals surface area (Å²) < 4.78 is 1.55. The standard InChI is InChI=1S/C21H21N3O2/c25-20-14-17(16-10-4-5-11-18(16)23-20)21(26)24-13-7-6-12-19(24)22-15-8-2-1-3-9-15/h4-7,10-15H,1-3,8-9H2,(H,23,25). The molecule has 2 aromatic heterocycles. The summed E-state index contributed by atoms with van der Waals surface area (Å²) in [6.07, 6.45) is 7.49. The molecule has 1 fully saturated rings. The van der Waals surface area contributed by atoms with Crippen LogP contribution in [0.15, 0.2) is 64.5 Å². The second-order valence-electron chi connectivity index (χ2n) is 6.75. The number of hydrogen-bond acceptors (Lipinski definition) is 3. The molecule has 4 rings (SSSR count). The van der Waals surface area contributed by atoms with Crippen LogP contribution in [0.3, 0.4) is 0 Å². The maximum atomic E-state index is 13.2. The summed E-state index contributed by atoms with van der Waals surface area (Å²) in [6.45, 7) is 0. The number of hydrogen-bond donors (Lipinski definition) is 1. The van der Waals surface area contributed by atoms with Gasteiger partial charge in [0.05, 0.1) is 11.6 Å². The molecule has 0 atom stereocenters. The Bertz CT molecular complexity index is 1070. The van der Waals surface area contributed by atoms with Crippen LogP contribution in [0.25, 0.3) is 10.9 Å². The van der Waals surface area contributed by atoms with E-state index in [4.69, 9.17) is 4.99 Å². The lowest BCUT2D eigenvalue weighted by Gasteiger charge is -2.18. The van der Waals surface area contributed by atoms with Gasteiger partial charge < -0.3 is 4.98 Å². The second-order valence-corrected chi connectivity index (χ2v) is 6.75. The highest BCUT2D eigenvalue weighted by atomic mass is 16.2. The molecular weight excluding hydrogens is 326 g/mol. The molecule has 1 aliphatic carbocycles. The molecule has 26 heavy (non-hydrogen) atoms. The zero-order valence-electron chi connectivity index (χ0n) is 14.5. The third kappa shape index (κ3) is 3.25. The Morgan fingerprint density at radius 1 is 1.04 bits per heavy atom. The molecule has 0 aliphatic heterocycles. The molecule has 2 heterocycles. The molecular formula is C21H21N3O2. The van der Waals surface area contributed by atoms with Gasteiger partial charge in [-0.1, -0.05) is 43.5 Å². The van der Waals surface area contributed by atoms with Crippen molar-refractivity contribution in [2.45, 2.75) is 38.1 Å². The number of aromatic nitrogens is 2. The van der Waals surface area contributed by atoms with E-state index in [0.29, 0.717) is 16.6 Å². The SMILES string of the molecule is O=C(c1cc(=O)[nH]c2ccccc12)n1ccccc1=NC1CCCCC1. The maximum Gasteiger partial charge on any atom is 0.264 e. The Balaban J connectivity index is 1.83. The maximum absolute atomic E-state index is 13.2. The molecule has 0 bridgehead atoms. The average molecular weight is 347 g/mol. The summed E-state index contributed by atoms with van der Waals surface area (Å²) in [5.74, 6) is -0.234. The van der Waals surface area contributed by atoms with Crippen LogP contribution in [0.5, 0.6) is 0 Å². The van der Waals surface area contributed by atoms with Gasteiger partial charge in [0.2, 0.25) is 5.56 Å². The van der Waals surface area contributed by atoms with Crippen molar-refractivity contribution in [1.82, 2.24) is 9.55 Å². The van der Waals surface area contributed by atoms with Gasteiger partial charge in [-0.3, -0.25) is 19.1 Å². The Morgan fingerprint density at radius 2 is 1.81 bits per heavy atom. The Kier molecular flexibility index (Phi) is 4.52. The summed E-state index contributed by atoms with van der Waals surface area (Å²) in [6, 6.07) is 14.6. The van der Waals surface area contributed by atoms with E-state index in [1.807, 2.05) is 36.4 Å². The lowest BCUT2D eigenvalue weighted by atomic mass is 9.96. The van der Waals surface area contributed by atoms with Crippen molar-refractivity contribution in [2.24, 2.45) is 4.99 Å². The first-order valence-electron chi connectivity index (χ1n) is 9.11. The molecule has 0 saturated heterocycles. The highest BCUT2D eigenvalue weighted by Crippen LogP contribution is 2.20. The Morgan fingerprint density at radius 3 is 2.65 bits per heavy atom. The smallest absolute Gasteiger partial charge is 0.264 e. The van der Waals surface area contributed by atoms with Gasteiger partial charge in [0.25, 0.3) is 5.91 Å². The number of para-hydroxylation sites is 1. The van der Waals surface area contributed by atoms with Gasteiger partial charge in [0, 0.05) is 23.2 Å². The molecule has 3 aromatic rings. The number of H-pyrrole nitrogens is 1. The normalized spacial score (nSPS) is 16.1. The Labute approximate surface area is 151 Å². The highest BCUT2D eigenvalue weighted by Gasteiger charge is 2.16. The van der Waals surface area contributed by atoms with Crippen LogP contribution in [-0.2, 0) is 0 Å². The fourth-order valence-electron chi connectivity index (χ4n) is 3.62. The first-order valence-corrected chi connectivity index (χ1v) is 9.11. The third-order valence-electron chi connectivity index (χ3n) is 4.93. The molecule has 5 heteroatoms. The van der Waals surface area contributed by atoms with Gasteiger partial charge >= 0.3 is 0 Å². The fraction of sp³-hybridized carbons (Fsp3) is 0.286. The molecule has 132 valence electrons. The molecule has 1 N–H and O–H groups in total. The van der Waals surface area contributed by atoms with Crippen molar-refractivity contribution < 1.29 is 4.79 Å². The van der Waals surface area contributed by atoms with Crippen LogP contribution in [0, 0.1) is 0 Å². The lowest BCUT2D eigenvalue weighted by Crippen LogP contribution is -2.30. The van der Waals surface area contributed by atoms with Crippen molar-refractivity contribution in [2.75, 3.05) is 0 Å². The monoisotopic (exact) mass is 347 g/mol. The van der Waals surface area contributed by atoms with E-state index < -0.39 is 0 Å². The van der Waals surface area contributed by atoms with Gasteiger partial charge in [-0.15, -0.1) is 0 Å². The largest absolute Gasteiger partial charge is 0.322 e. The summed E-state index contributed by atoms with van der Waals surface area (Å²) in [5, 5.41) is 0.733. The average Bonchev–Trinajstić information content (AvgIpc) is 2.68. The van der Waals surface area contributed by atoms with Crippen LogP contribution < -0.4 is 11.0 Å². The van der Waals surface area contributed by atoms with E-state index in [-0.39, 0.29) is 17.5 Å². The number of nitrogens with zero attached hydrogens (tertiary/aromatic N) is 2. The number of rotatable bonds is 2. The van der Waals surface area contributed by atoms with Crippen molar-refractivity contribution in [1.29, 1.82) is 0 Å². The zero-order valence-corrected chi connectivity index (χ0v) is 14.5. The quantitative estimate of drug-likeness (QED) is 0.773. The minimum Gasteiger partial charge on any atom is -0.322 e. The zero-order chi connectivity index (χ0) is 17.9. The van der Waals surface area contributed by atoms with Crippen molar-refractivity contribution in [3.8, 4) is 0 Å². The number of pyridine rings is 2. The number of aromatic amines is 1. The predicted molar refractivity (Wildman–Crippen MR) is 101 cm³/mol. The molecule has 0 spiro atoms. The minimum atomic E-state index is -0.283.